The summed E-state index contributed by atoms with van der Waals surface area (Å²) < 4.78 is 33.4. The van der Waals surface area contributed by atoms with Crippen LogP contribution in [0.5, 0.6) is 0 Å². The lowest BCUT2D eigenvalue weighted by Gasteiger charge is -2.19. The highest BCUT2D eigenvalue weighted by Crippen LogP contribution is 2.25. The van der Waals surface area contributed by atoms with E-state index in [0.717, 1.165) is 0 Å². The van der Waals surface area contributed by atoms with Gasteiger partial charge in [0.05, 0.1) is 13.0 Å². The molecular formula is C12H18F2N2O4. The van der Waals surface area contributed by atoms with Crippen LogP contribution in [0, 0.1) is 5.41 Å². The maximum absolute atomic E-state index is 11.8. The Balaban J connectivity index is 2.41. The highest BCUT2D eigenvalue weighted by Gasteiger charge is 2.25. The van der Waals surface area contributed by atoms with Gasteiger partial charge in [0.2, 0.25) is 5.89 Å². The average molecular weight is 292 g/mol. The third kappa shape index (κ3) is 6.55. The third-order valence-corrected chi connectivity index (χ3v) is 2.48. The number of rotatable bonds is 9. The molecule has 0 aliphatic rings. The third-order valence-electron chi connectivity index (χ3n) is 2.48. The lowest BCUT2D eigenvalue weighted by molar-refractivity contribution is -0.139. The summed E-state index contributed by atoms with van der Waals surface area (Å²) in [5.41, 5.74) is -0.498. The average Bonchev–Trinajstić information content (AvgIpc) is 2.69. The van der Waals surface area contributed by atoms with E-state index in [1.165, 1.54) is 0 Å². The first-order valence-corrected chi connectivity index (χ1v) is 6.18. The summed E-state index contributed by atoms with van der Waals surface area (Å²) in [5.74, 6) is -0.198. The summed E-state index contributed by atoms with van der Waals surface area (Å²) in [4.78, 5) is 14.8. The minimum Gasteiger partial charge on any atom is -0.481 e. The van der Waals surface area contributed by atoms with Crippen molar-refractivity contribution in [1.82, 2.24) is 10.1 Å². The molecule has 0 unspecified atom stereocenters. The Labute approximate surface area is 115 Å². The van der Waals surface area contributed by atoms with Crippen LogP contribution in [0.15, 0.2) is 4.52 Å². The first-order valence-electron chi connectivity index (χ1n) is 6.18. The Kier molecular flexibility index (Phi) is 6.00. The summed E-state index contributed by atoms with van der Waals surface area (Å²) in [6.45, 7) is 3.05. The molecule has 0 atom stereocenters. The van der Waals surface area contributed by atoms with Gasteiger partial charge >= 0.3 is 5.97 Å². The molecule has 0 saturated heterocycles. The Hall–Kier alpha value is -1.57. The van der Waals surface area contributed by atoms with Crippen molar-refractivity contribution in [3.63, 3.8) is 0 Å². The van der Waals surface area contributed by atoms with Gasteiger partial charge in [-0.15, -0.1) is 0 Å². The SMILES string of the molecule is CC(C)(CC(=O)O)Cc1nc(CCOCC(F)F)no1. The molecule has 0 spiro atoms. The molecule has 0 amide bonds. The van der Waals surface area contributed by atoms with Crippen molar-refractivity contribution >= 4 is 5.97 Å². The molecule has 0 aliphatic carbocycles. The van der Waals surface area contributed by atoms with Gasteiger partial charge in [-0.1, -0.05) is 19.0 Å². The minimum atomic E-state index is -2.49. The van der Waals surface area contributed by atoms with Crippen LogP contribution < -0.4 is 0 Å². The molecule has 1 N–H and O–H groups in total. The Morgan fingerprint density at radius 1 is 1.50 bits per heavy atom. The van der Waals surface area contributed by atoms with E-state index in [1.54, 1.807) is 13.8 Å². The lowest BCUT2D eigenvalue weighted by Crippen LogP contribution is -2.19. The molecule has 0 saturated carbocycles. The number of aromatic nitrogens is 2. The standard InChI is InChI=1S/C12H18F2N2O4/c1-12(2,6-11(17)18)5-10-15-9(16-20-10)3-4-19-7-8(13)14/h8H,3-7H2,1-2H3,(H,17,18). The molecule has 1 aromatic rings. The normalized spacial score (nSPS) is 12.1. The number of hydrogen-bond donors (Lipinski definition) is 1. The van der Waals surface area contributed by atoms with E-state index in [1.807, 2.05) is 0 Å². The second-order valence-electron chi connectivity index (χ2n) is 5.23. The molecule has 0 fully saturated rings. The van der Waals surface area contributed by atoms with Gasteiger partial charge in [0.15, 0.2) is 5.82 Å². The number of nitrogens with zero attached hydrogens (tertiary/aromatic N) is 2. The molecule has 8 heteroatoms. The van der Waals surface area contributed by atoms with Crippen LogP contribution in [0.2, 0.25) is 0 Å². The number of aliphatic carboxylic acids is 1. The van der Waals surface area contributed by atoms with E-state index in [9.17, 15) is 13.6 Å². The van der Waals surface area contributed by atoms with Gasteiger partial charge in [-0.05, 0) is 5.41 Å². The largest absolute Gasteiger partial charge is 0.481 e. The summed E-state index contributed by atoms with van der Waals surface area (Å²) in [5, 5.41) is 12.5. The van der Waals surface area contributed by atoms with E-state index in [2.05, 4.69) is 10.1 Å². The van der Waals surface area contributed by atoms with Gasteiger partial charge in [-0.2, -0.15) is 4.98 Å². The van der Waals surface area contributed by atoms with Gasteiger partial charge in [-0.3, -0.25) is 4.79 Å². The van der Waals surface area contributed by atoms with Crippen LogP contribution >= 0.6 is 0 Å². The van der Waals surface area contributed by atoms with E-state index in [4.69, 9.17) is 14.4 Å². The molecule has 0 aromatic carbocycles. The van der Waals surface area contributed by atoms with Crippen LogP contribution in [0.25, 0.3) is 0 Å². The number of carboxylic acids is 1. The Morgan fingerprint density at radius 3 is 2.80 bits per heavy atom. The maximum Gasteiger partial charge on any atom is 0.303 e. The van der Waals surface area contributed by atoms with Gasteiger partial charge in [-0.25, -0.2) is 8.78 Å². The second kappa shape index (κ2) is 7.28. The molecule has 6 nitrogen and oxygen atoms in total. The number of halogens is 2. The molecule has 1 rings (SSSR count). The number of carboxylic acid groups (broad SMARTS) is 1. The van der Waals surface area contributed by atoms with Crippen LogP contribution in [-0.4, -0.2) is 40.9 Å². The predicted molar refractivity (Wildman–Crippen MR) is 64.6 cm³/mol. The van der Waals surface area contributed by atoms with E-state index >= 15 is 0 Å². The first kappa shape index (κ1) is 16.5. The number of hydrogen-bond acceptors (Lipinski definition) is 5. The van der Waals surface area contributed by atoms with Gasteiger partial charge in [0.25, 0.3) is 6.43 Å². The van der Waals surface area contributed by atoms with E-state index < -0.39 is 24.4 Å². The fraction of sp³-hybridized carbons (Fsp3) is 0.750. The molecule has 0 radical (unpaired) electrons. The number of ether oxygens (including phenoxy) is 1. The van der Waals surface area contributed by atoms with E-state index in [0.29, 0.717) is 18.1 Å². The van der Waals surface area contributed by atoms with Gasteiger partial charge in [0, 0.05) is 12.8 Å². The van der Waals surface area contributed by atoms with Crippen molar-refractivity contribution in [2.45, 2.75) is 39.5 Å². The zero-order valence-corrected chi connectivity index (χ0v) is 11.4. The monoisotopic (exact) mass is 292 g/mol. The highest BCUT2D eigenvalue weighted by molar-refractivity contribution is 5.67. The summed E-state index contributed by atoms with van der Waals surface area (Å²) in [6.07, 6.45) is -1.89. The van der Waals surface area contributed by atoms with Crippen molar-refractivity contribution in [2.75, 3.05) is 13.2 Å². The predicted octanol–water partition coefficient (Wildman–Crippen LogP) is 1.94. The van der Waals surface area contributed by atoms with Crippen LogP contribution in [0.1, 0.15) is 32.0 Å². The highest BCUT2D eigenvalue weighted by atomic mass is 19.3. The number of carbonyl (C=O) groups is 1. The first-order chi connectivity index (χ1) is 9.28. The minimum absolute atomic E-state index is 0.0117. The van der Waals surface area contributed by atoms with Crippen molar-refractivity contribution in [3.05, 3.63) is 11.7 Å². The van der Waals surface area contributed by atoms with Crippen molar-refractivity contribution in [1.29, 1.82) is 0 Å². The maximum atomic E-state index is 11.8. The summed E-state index contributed by atoms with van der Waals surface area (Å²) in [6, 6.07) is 0. The summed E-state index contributed by atoms with van der Waals surface area (Å²) in [7, 11) is 0. The Bertz CT molecular complexity index is 435. The molecular weight excluding hydrogens is 274 g/mol. The molecule has 20 heavy (non-hydrogen) atoms. The second-order valence-corrected chi connectivity index (χ2v) is 5.23. The summed E-state index contributed by atoms with van der Waals surface area (Å²) >= 11 is 0. The number of alkyl halides is 2. The van der Waals surface area contributed by atoms with Crippen molar-refractivity contribution in [3.8, 4) is 0 Å². The van der Waals surface area contributed by atoms with Gasteiger partial charge < -0.3 is 14.4 Å². The molecule has 114 valence electrons. The fourth-order valence-corrected chi connectivity index (χ4v) is 1.68. The zero-order valence-electron chi connectivity index (χ0n) is 11.4. The van der Waals surface area contributed by atoms with Gasteiger partial charge in [0.1, 0.15) is 6.61 Å². The zero-order chi connectivity index (χ0) is 15.2. The smallest absolute Gasteiger partial charge is 0.303 e. The van der Waals surface area contributed by atoms with Crippen LogP contribution in [0.4, 0.5) is 8.78 Å². The molecule has 1 aromatic heterocycles. The lowest BCUT2D eigenvalue weighted by atomic mass is 9.86. The fourth-order valence-electron chi connectivity index (χ4n) is 1.68. The molecule has 1 heterocycles. The molecule has 0 bridgehead atoms. The topological polar surface area (TPSA) is 85.5 Å². The van der Waals surface area contributed by atoms with Crippen LogP contribution in [-0.2, 0) is 22.4 Å². The quantitative estimate of drug-likeness (QED) is 0.700. The molecule has 0 aliphatic heterocycles. The van der Waals surface area contributed by atoms with Crippen LogP contribution in [0.3, 0.4) is 0 Å². The van der Waals surface area contributed by atoms with Crippen molar-refractivity contribution in [2.24, 2.45) is 5.41 Å². The van der Waals surface area contributed by atoms with Crippen molar-refractivity contribution < 1.29 is 27.9 Å². The van der Waals surface area contributed by atoms with E-state index in [-0.39, 0.29) is 19.4 Å². The Morgan fingerprint density at radius 2 is 2.20 bits per heavy atom.